The Balaban J connectivity index is 2.10. The SMILES string of the molecule is O=C(Nc1ccccn1)c1nn[nH]n1. The van der Waals surface area contributed by atoms with Gasteiger partial charge in [-0.2, -0.15) is 5.21 Å². The molecule has 0 saturated carbocycles. The number of hydrogen-bond acceptors (Lipinski definition) is 5. The minimum Gasteiger partial charge on any atom is -0.304 e. The first-order valence-corrected chi connectivity index (χ1v) is 3.82. The Labute approximate surface area is 78.6 Å². The van der Waals surface area contributed by atoms with Crippen molar-refractivity contribution in [2.24, 2.45) is 0 Å². The molecule has 70 valence electrons. The molecule has 2 N–H and O–H groups in total. The third-order valence-corrected chi connectivity index (χ3v) is 1.45. The Morgan fingerprint density at radius 3 is 3.00 bits per heavy atom. The van der Waals surface area contributed by atoms with Crippen molar-refractivity contribution in [3.05, 3.63) is 30.2 Å². The van der Waals surface area contributed by atoms with Crippen LogP contribution in [0.25, 0.3) is 0 Å². The van der Waals surface area contributed by atoms with E-state index >= 15 is 0 Å². The lowest BCUT2D eigenvalue weighted by atomic mass is 10.4. The predicted molar refractivity (Wildman–Crippen MR) is 46.4 cm³/mol. The van der Waals surface area contributed by atoms with E-state index in [9.17, 15) is 4.79 Å². The van der Waals surface area contributed by atoms with Gasteiger partial charge in [-0.15, -0.1) is 10.2 Å². The number of carbonyl (C=O) groups is 1. The van der Waals surface area contributed by atoms with Crippen molar-refractivity contribution in [2.75, 3.05) is 5.32 Å². The number of aromatic amines is 1. The zero-order valence-electron chi connectivity index (χ0n) is 7.01. The molecular formula is C7H6N6O. The topological polar surface area (TPSA) is 96.5 Å². The molecule has 0 aliphatic carbocycles. The first-order valence-electron chi connectivity index (χ1n) is 3.82. The molecule has 14 heavy (non-hydrogen) atoms. The van der Waals surface area contributed by atoms with Crippen LogP contribution in [0.5, 0.6) is 0 Å². The summed E-state index contributed by atoms with van der Waals surface area (Å²) >= 11 is 0. The van der Waals surface area contributed by atoms with Gasteiger partial charge in [-0.3, -0.25) is 4.79 Å². The summed E-state index contributed by atoms with van der Waals surface area (Å²) in [6.07, 6.45) is 1.58. The number of hydrogen-bond donors (Lipinski definition) is 2. The van der Waals surface area contributed by atoms with Gasteiger partial charge < -0.3 is 5.32 Å². The molecule has 2 aromatic rings. The molecule has 0 radical (unpaired) electrons. The van der Waals surface area contributed by atoms with E-state index in [1.54, 1.807) is 24.4 Å². The van der Waals surface area contributed by atoms with Crippen molar-refractivity contribution in [1.82, 2.24) is 25.6 Å². The zero-order chi connectivity index (χ0) is 9.80. The summed E-state index contributed by atoms with van der Waals surface area (Å²) in [5, 5.41) is 15.0. The third kappa shape index (κ3) is 1.71. The summed E-state index contributed by atoms with van der Waals surface area (Å²) in [5.74, 6) is -0.0181. The molecule has 2 rings (SSSR count). The summed E-state index contributed by atoms with van der Waals surface area (Å²) in [7, 11) is 0. The van der Waals surface area contributed by atoms with Gasteiger partial charge in [0, 0.05) is 6.20 Å². The van der Waals surface area contributed by atoms with Gasteiger partial charge in [-0.1, -0.05) is 6.07 Å². The highest BCUT2D eigenvalue weighted by atomic mass is 16.2. The number of pyridine rings is 1. The van der Waals surface area contributed by atoms with Crippen molar-refractivity contribution in [3.63, 3.8) is 0 Å². The van der Waals surface area contributed by atoms with E-state index < -0.39 is 5.91 Å². The normalized spacial score (nSPS) is 9.71. The lowest BCUT2D eigenvalue weighted by Crippen LogP contribution is -2.14. The molecule has 0 atom stereocenters. The van der Waals surface area contributed by atoms with Crippen LogP contribution in [-0.2, 0) is 0 Å². The Morgan fingerprint density at radius 2 is 2.36 bits per heavy atom. The quantitative estimate of drug-likeness (QED) is 0.686. The van der Waals surface area contributed by atoms with Crippen LogP contribution in [-0.4, -0.2) is 31.5 Å². The summed E-state index contributed by atoms with van der Waals surface area (Å²) in [4.78, 5) is 15.2. The second kappa shape index (κ2) is 3.60. The Hall–Kier alpha value is -2.31. The second-order valence-corrected chi connectivity index (χ2v) is 2.40. The molecule has 0 bridgehead atoms. The Morgan fingerprint density at radius 1 is 1.43 bits per heavy atom. The number of amides is 1. The molecule has 0 fully saturated rings. The number of nitrogens with zero attached hydrogens (tertiary/aromatic N) is 4. The van der Waals surface area contributed by atoms with Crippen LogP contribution >= 0.6 is 0 Å². The molecule has 0 aliphatic heterocycles. The van der Waals surface area contributed by atoms with E-state index in [0.717, 1.165) is 0 Å². The van der Waals surface area contributed by atoms with Crippen LogP contribution < -0.4 is 5.32 Å². The van der Waals surface area contributed by atoms with Crippen LogP contribution in [0.15, 0.2) is 24.4 Å². The zero-order valence-corrected chi connectivity index (χ0v) is 7.01. The van der Waals surface area contributed by atoms with Gasteiger partial charge in [0.25, 0.3) is 11.7 Å². The minimum absolute atomic E-state index is 0.0179. The molecule has 0 spiro atoms. The molecule has 0 aromatic carbocycles. The maximum atomic E-state index is 11.3. The van der Waals surface area contributed by atoms with E-state index in [-0.39, 0.29) is 5.82 Å². The van der Waals surface area contributed by atoms with Gasteiger partial charge in [0.1, 0.15) is 5.82 Å². The van der Waals surface area contributed by atoms with E-state index in [4.69, 9.17) is 0 Å². The number of anilines is 1. The van der Waals surface area contributed by atoms with Crippen molar-refractivity contribution < 1.29 is 4.79 Å². The summed E-state index contributed by atoms with van der Waals surface area (Å²) in [5.41, 5.74) is 0. The first-order chi connectivity index (χ1) is 6.86. The van der Waals surface area contributed by atoms with E-state index in [2.05, 4.69) is 30.9 Å². The summed E-state index contributed by atoms with van der Waals surface area (Å²) < 4.78 is 0. The number of carbonyl (C=O) groups excluding carboxylic acids is 1. The molecule has 7 heteroatoms. The van der Waals surface area contributed by atoms with Crippen LogP contribution in [0.4, 0.5) is 5.82 Å². The van der Waals surface area contributed by atoms with Crippen LogP contribution in [0.2, 0.25) is 0 Å². The Kier molecular flexibility index (Phi) is 2.14. The van der Waals surface area contributed by atoms with Crippen LogP contribution in [0.3, 0.4) is 0 Å². The molecule has 0 saturated heterocycles. The van der Waals surface area contributed by atoms with Crippen LogP contribution in [0.1, 0.15) is 10.6 Å². The fourth-order valence-electron chi connectivity index (χ4n) is 0.867. The van der Waals surface area contributed by atoms with Gasteiger partial charge in [-0.05, 0) is 17.3 Å². The highest BCUT2D eigenvalue weighted by Crippen LogP contribution is 2.00. The lowest BCUT2D eigenvalue weighted by molar-refractivity contribution is 0.101. The van der Waals surface area contributed by atoms with Crippen molar-refractivity contribution in [2.45, 2.75) is 0 Å². The predicted octanol–water partition coefficient (Wildman–Crippen LogP) is -0.153. The summed E-state index contributed by atoms with van der Waals surface area (Å²) in [6.45, 7) is 0. The molecule has 0 aliphatic rings. The van der Waals surface area contributed by atoms with E-state index in [1.165, 1.54) is 0 Å². The number of tetrazole rings is 1. The molecule has 7 nitrogen and oxygen atoms in total. The monoisotopic (exact) mass is 190 g/mol. The first kappa shape index (κ1) is 8.30. The highest BCUT2D eigenvalue weighted by molar-refractivity contribution is 6.00. The average Bonchev–Trinajstić information content (AvgIpc) is 2.72. The lowest BCUT2D eigenvalue weighted by Gasteiger charge is -1.98. The van der Waals surface area contributed by atoms with Crippen molar-refractivity contribution in [3.8, 4) is 0 Å². The smallest absolute Gasteiger partial charge is 0.298 e. The van der Waals surface area contributed by atoms with Gasteiger partial charge >= 0.3 is 0 Å². The third-order valence-electron chi connectivity index (χ3n) is 1.45. The van der Waals surface area contributed by atoms with Gasteiger partial charge in [0.15, 0.2) is 0 Å². The molecular weight excluding hydrogens is 184 g/mol. The fourth-order valence-corrected chi connectivity index (χ4v) is 0.867. The fraction of sp³-hybridized carbons (Fsp3) is 0. The van der Waals surface area contributed by atoms with Gasteiger partial charge in [-0.25, -0.2) is 4.98 Å². The maximum Gasteiger partial charge on any atom is 0.298 e. The van der Waals surface area contributed by atoms with Crippen LogP contribution in [0, 0.1) is 0 Å². The standard InChI is InChI=1S/C7H6N6O/c14-7(6-10-12-13-11-6)9-5-3-1-2-4-8-5/h1-4H,(H,8,9,14)(H,10,11,12,13). The molecule has 2 aromatic heterocycles. The molecule has 0 unspecified atom stereocenters. The maximum absolute atomic E-state index is 11.3. The highest BCUT2D eigenvalue weighted by Gasteiger charge is 2.10. The molecule has 2 heterocycles. The van der Waals surface area contributed by atoms with Gasteiger partial charge in [0.2, 0.25) is 0 Å². The average molecular weight is 190 g/mol. The number of aromatic nitrogens is 5. The second-order valence-electron chi connectivity index (χ2n) is 2.40. The van der Waals surface area contributed by atoms with Gasteiger partial charge in [0.05, 0.1) is 0 Å². The van der Waals surface area contributed by atoms with E-state index in [0.29, 0.717) is 5.82 Å². The number of nitrogens with one attached hydrogen (secondary N) is 2. The minimum atomic E-state index is -0.447. The largest absolute Gasteiger partial charge is 0.304 e. The summed E-state index contributed by atoms with van der Waals surface area (Å²) in [6, 6.07) is 5.18. The Bertz CT molecular complexity index is 411. The molecule has 1 amide bonds. The van der Waals surface area contributed by atoms with Crippen molar-refractivity contribution in [1.29, 1.82) is 0 Å². The number of rotatable bonds is 2. The van der Waals surface area contributed by atoms with E-state index in [1.807, 2.05) is 0 Å². The number of H-pyrrole nitrogens is 1. The van der Waals surface area contributed by atoms with Crippen molar-refractivity contribution >= 4 is 11.7 Å².